The van der Waals surface area contributed by atoms with Gasteiger partial charge in [-0.15, -0.1) is 0 Å². The minimum absolute atomic E-state index is 0.306. The molecule has 0 radical (unpaired) electrons. The molecule has 8 aromatic carbocycles. The van der Waals surface area contributed by atoms with E-state index < -0.39 is 0 Å². The molecule has 41 heavy (non-hydrogen) atoms. The van der Waals surface area contributed by atoms with Crippen molar-refractivity contribution >= 4 is 43.1 Å². The van der Waals surface area contributed by atoms with E-state index in [-0.39, 0.29) is 0 Å². The van der Waals surface area contributed by atoms with Crippen LogP contribution in [0.1, 0.15) is 0 Å². The Kier molecular flexibility index (Phi) is 5.36. The molecule has 0 aliphatic rings. The zero-order chi connectivity index (χ0) is 27.3. The van der Waals surface area contributed by atoms with Crippen molar-refractivity contribution in [1.29, 1.82) is 0 Å². The van der Waals surface area contributed by atoms with Crippen LogP contribution in [0.2, 0.25) is 0 Å². The Hall–Kier alpha value is -5.40. The molecule has 0 unspecified atom stereocenters. The summed E-state index contributed by atoms with van der Waals surface area (Å²) in [5, 5.41) is 21.4. The maximum Gasteiger partial charge on any atom is 0.131 e. The lowest BCUT2D eigenvalue weighted by atomic mass is 9.86. The van der Waals surface area contributed by atoms with E-state index in [0.29, 0.717) is 5.75 Å². The lowest BCUT2D eigenvalue weighted by Crippen LogP contribution is -1.91. The molecule has 1 N–H and O–H groups in total. The number of phenolic OH excluding ortho intramolecular Hbond substituents is 1. The van der Waals surface area contributed by atoms with Crippen LogP contribution in [-0.2, 0) is 0 Å². The Bertz CT molecular complexity index is 2260. The largest absolute Gasteiger partial charge is 0.507 e. The van der Waals surface area contributed by atoms with Gasteiger partial charge in [0.05, 0.1) is 0 Å². The lowest BCUT2D eigenvalue weighted by molar-refractivity contribution is 0.480. The van der Waals surface area contributed by atoms with Crippen LogP contribution in [-0.4, -0.2) is 5.11 Å². The average molecular weight is 523 g/mol. The Balaban J connectivity index is 1.49. The summed E-state index contributed by atoms with van der Waals surface area (Å²) in [6, 6.07) is 53.3. The summed E-state index contributed by atoms with van der Waals surface area (Å²) in [7, 11) is 0. The maximum atomic E-state index is 12.2. The van der Waals surface area contributed by atoms with Gasteiger partial charge < -0.3 is 5.11 Å². The van der Waals surface area contributed by atoms with Crippen molar-refractivity contribution in [2.45, 2.75) is 0 Å². The quantitative estimate of drug-likeness (QED) is 0.245. The number of fused-ring (bicyclic) bond motifs is 4. The third-order valence-corrected chi connectivity index (χ3v) is 8.33. The van der Waals surface area contributed by atoms with Gasteiger partial charge in [0, 0.05) is 11.1 Å². The normalized spacial score (nSPS) is 11.5. The minimum Gasteiger partial charge on any atom is -0.507 e. The molecule has 192 valence electrons. The van der Waals surface area contributed by atoms with Crippen LogP contribution in [0, 0.1) is 0 Å². The average Bonchev–Trinajstić information content (AvgIpc) is 3.03. The van der Waals surface area contributed by atoms with E-state index >= 15 is 0 Å². The van der Waals surface area contributed by atoms with Crippen molar-refractivity contribution in [3.8, 4) is 39.1 Å². The van der Waals surface area contributed by atoms with Crippen molar-refractivity contribution in [3.05, 3.63) is 152 Å². The molecule has 0 fully saturated rings. The number of aromatic hydroxyl groups is 1. The molecule has 0 aliphatic heterocycles. The fourth-order valence-electron chi connectivity index (χ4n) is 6.42. The van der Waals surface area contributed by atoms with Gasteiger partial charge in [0.15, 0.2) is 0 Å². The summed E-state index contributed by atoms with van der Waals surface area (Å²) in [4.78, 5) is 0. The molecule has 8 rings (SSSR count). The summed E-state index contributed by atoms with van der Waals surface area (Å²) >= 11 is 0. The first-order valence-corrected chi connectivity index (χ1v) is 14.0. The highest BCUT2D eigenvalue weighted by Crippen LogP contribution is 2.48. The lowest BCUT2D eigenvalue weighted by Gasteiger charge is -2.19. The van der Waals surface area contributed by atoms with Gasteiger partial charge in [-0.3, -0.25) is 0 Å². The van der Waals surface area contributed by atoms with Gasteiger partial charge in [0.25, 0.3) is 0 Å². The van der Waals surface area contributed by atoms with Crippen LogP contribution in [0.4, 0.5) is 0 Å². The summed E-state index contributed by atoms with van der Waals surface area (Å²) in [5.74, 6) is 0.306. The number of hydrogen-bond donors (Lipinski definition) is 1. The van der Waals surface area contributed by atoms with Crippen molar-refractivity contribution in [3.63, 3.8) is 0 Å². The van der Waals surface area contributed by atoms with E-state index in [2.05, 4.69) is 152 Å². The third kappa shape index (κ3) is 3.78. The maximum absolute atomic E-state index is 12.2. The molecule has 0 heterocycles. The topological polar surface area (TPSA) is 20.2 Å². The standard InChI is InChI=1S/C40H26O/c41-40-38(36-22-10-16-27-12-2-6-18-32(27)36)24-29-14-4-8-20-35(29)39(40)37-25-30(23-28-13-3-7-19-33(28)37)34-21-9-15-26-11-1-5-17-31(26)34/h1-25,41H. The van der Waals surface area contributed by atoms with Crippen LogP contribution in [0.15, 0.2) is 152 Å². The molecule has 0 saturated heterocycles. The molecule has 0 aliphatic carbocycles. The molecule has 0 saturated carbocycles. The van der Waals surface area contributed by atoms with E-state index in [4.69, 9.17) is 0 Å². The summed E-state index contributed by atoms with van der Waals surface area (Å²) in [5.41, 5.74) is 6.09. The van der Waals surface area contributed by atoms with Crippen LogP contribution < -0.4 is 0 Å². The molecule has 1 heteroatoms. The van der Waals surface area contributed by atoms with E-state index in [0.717, 1.165) is 60.1 Å². The van der Waals surface area contributed by atoms with Crippen LogP contribution in [0.25, 0.3) is 76.5 Å². The summed E-state index contributed by atoms with van der Waals surface area (Å²) < 4.78 is 0. The van der Waals surface area contributed by atoms with Crippen molar-refractivity contribution in [2.75, 3.05) is 0 Å². The van der Waals surface area contributed by atoms with Gasteiger partial charge in [-0.05, 0) is 83.5 Å². The molecule has 0 bridgehead atoms. The molecule has 0 amide bonds. The molecule has 0 spiro atoms. The van der Waals surface area contributed by atoms with Gasteiger partial charge >= 0.3 is 0 Å². The predicted molar refractivity (Wildman–Crippen MR) is 174 cm³/mol. The highest BCUT2D eigenvalue weighted by Gasteiger charge is 2.20. The minimum atomic E-state index is 0.306. The van der Waals surface area contributed by atoms with E-state index in [1.807, 2.05) is 0 Å². The second-order valence-electron chi connectivity index (χ2n) is 10.7. The second kappa shape index (κ2) is 9.36. The predicted octanol–water partition coefficient (Wildman–Crippen LogP) is 11.0. The first-order chi connectivity index (χ1) is 20.3. The monoisotopic (exact) mass is 522 g/mol. The molecule has 8 aromatic rings. The highest BCUT2D eigenvalue weighted by molar-refractivity contribution is 6.13. The van der Waals surface area contributed by atoms with Gasteiger partial charge in [0.2, 0.25) is 0 Å². The Labute approximate surface area is 238 Å². The van der Waals surface area contributed by atoms with E-state index in [1.165, 1.54) is 16.3 Å². The van der Waals surface area contributed by atoms with Gasteiger partial charge in [-0.25, -0.2) is 0 Å². The van der Waals surface area contributed by atoms with E-state index in [9.17, 15) is 5.11 Å². The van der Waals surface area contributed by atoms with Crippen molar-refractivity contribution in [1.82, 2.24) is 0 Å². The highest BCUT2D eigenvalue weighted by atomic mass is 16.3. The SMILES string of the molecule is Oc1c(-c2cccc3ccccc23)cc2ccccc2c1-c1cc(-c2cccc3ccccc23)cc2ccccc12. The van der Waals surface area contributed by atoms with Crippen LogP contribution >= 0.6 is 0 Å². The van der Waals surface area contributed by atoms with Crippen LogP contribution in [0.3, 0.4) is 0 Å². The fraction of sp³-hybridized carbons (Fsp3) is 0. The molecule has 0 atom stereocenters. The van der Waals surface area contributed by atoms with Crippen LogP contribution in [0.5, 0.6) is 5.75 Å². The Morgan fingerprint density at radius 1 is 0.317 bits per heavy atom. The number of hydrogen-bond acceptors (Lipinski definition) is 1. The zero-order valence-corrected chi connectivity index (χ0v) is 22.4. The summed E-state index contributed by atoms with van der Waals surface area (Å²) in [6.07, 6.45) is 0. The Morgan fingerprint density at radius 2 is 0.780 bits per heavy atom. The zero-order valence-electron chi connectivity index (χ0n) is 22.4. The van der Waals surface area contributed by atoms with Gasteiger partial charge in [-0.2, -0.15) is 0 Å². The first kappa shape index (κ1) is 23.5. The second-order valence-corrected chi connectivity index (χ2v) is 10.7. The van der Waals surface area contributed by atoms with Crippen molar-refractivity contribution in [2.24, 2.45) is 0 Å². The van der Waals surface area contributed by atoms with E-state index in [1.54, 1.807) is 0 Å². The smallest absolute Gasteiger partial charge is 0.131 e. The van der Waals surface area contributed by atoms with Gasteiger partial charge in [0.1, 0.15) is 5.75 Å². The number of phenols is 1. The molecular weight excluding hydrogens is 496 g/mol. The molecule has 1 nitrogen and oxygen atoms in total. The molecular formula is C40H26O. The summed E-state index contributed by atoms with van der Waals surface area (Å²) in [6.45, 7) is 0. The fourth-order valence-corrected chi connectivity index (χ4v) is 6.42. The Morgan fingerprint density at radius 3 is 1.44 bits per heavy atom. The number of rotatable bonds is 3. The first-order valence-electron chi connectivity index (χ1n) is 14.0. The third-order valence-electron chi connectivity index (χ3n) is 8.33. The van der Waals surface area contributed by atoms with Gasteiger partial charge in [-0.1, -0.05) is 133 Å². The molecule has 0 aromatic heterocycles. The number of benzene rings is 8. The van der Waals surface area contributed by atoms with Crippen molar-refractivity contribution < 1.29 is 5.11 Å².